The number of pyridine rings is 1. The molecule has 0 atom stereocenters. The summed E-state index contributed by atoms with van der Waals surface area (Å²) in [6.45, 7) is 0.594. The van der Waals surface area contributed by atoms with Crippen LogP contribution in [0.3, 0.4) is 0 Å². The number of anilines is 1. The summed E-state index contributed by atoms with van der Waals surface area (Å²) in [5, 5.41) is 2.84. The third kappa shape index (κ3) is 4.26. The summed E-state index contributed by atoms with van der Waals surface area (Å²) in [5.41, 5.74) is 2.76. The fourth-order valence-electron chi connectivity index (χ4n) is 3.13. The molecule has 28 heavy (non-hydrogen) atoms. The predicted molar refractivity (Wildman–Crippen MR) is 108 cm³/mol. The molecule has 1 aromatic heterocycles. The standard InChI is InChI=1S/C23H21N3O2/c27-22(19-9-5-13-24-15-19)25-20-10-4-8-18(14-20)23(28)26(21-11-12-21)16-17-6-2-1-3-7-17/h1-10,13-15,21H,11-12,16H2,(H,25,27). The molecular formula is C23H21N3O2. The van der Waals surface area contributed by atoms with E-state index in [9.17, 15) is 9.59 Å². The van der Waals surface area contributed by atoms with Gasteiger partial charge in [0.05, 0.1) is 5.56 Å². The zero-order valence-corrected chi connectivity index (χ0v) is 15.4. The number of amides is 2. The van der Waals surface area contributed by atoms with E-state index in [-0.39, 0.29) is 11.8 Å². The highest BCUT2D eigenvalue weighted by Gasteiger charge is 2.33. The van der Waals surface area contributed by atoms with Gasteiger partial charge in [0.15, 0.2) is 0 Å². The first-order valence-corrected chi connectivity index (χ1v) is 9.37. The minimum absolute atomic E-state index is 0.0103. The van der Waals surface area contributed by atoms with Crippen molar-refractivity contribution in [3.63, 3.8) is 0 Å². The lowest BCUT2D eigenvalue weighted by Gasteiger charge is -2.23. The lowest BCUT2D eigenvalue weighted by atomic mass is 10.1. The zero-order valence-electron chi connectivity index (χ0n) is 15.4. The van der Waals surface area contributed by atoms with E-state index in [1.54, 1.807) is 42.6 Å². The maximum atomic E-state index is 13.1. The van der Waals surface area contributed by atoms with E-state index >= 15 is 0 Å². The largest absolute Gasteiger partial charge is 0.331 e. The third-order valence-corrected chi connectivity index (χ3v) is 4.74. The van der Waals surface area contributed by atoms with Crippen LogP contribution in [0.1, 0.15) is 39.1 Å². The Morgan fingerprint density at radius 2 is 1.75 bits per heavy atom. The monoisotopic (exact) mass is 371 g/mol. The number of hydrogen-bond donors (Lipinski definition) is 1. The Labute approximate surface area is 164 Å². The van der Waals surface area contributed by atoms with Crippen LogP contribution in [0.25, 0.3) is 0 Å². The highest BCUT2D eigenvalue weighted by Crippen LogP contribution is 2.30. The Hall–Kier alpha value is -3.47. The maximum absolute atomic E-state index is 13.1. The number of benzene rings is 2. The topological polar surface area (TPSA) is 62.3 Å². The summed E-state index contributed by atoms with van der Waals surface area (Å²) < 4.78 is 0. The lowest BCUT2D eigenvalue weighted by molar-refractivity contribution is 0.0729. The van der Waals surface area contributed by atoms with E-state index in [1.807, 2.05) is 35.2 Å². The Balaban J connectivity index is 1.51. The first-order valence-electron chi connectivity index (χ1n) is 9.37. The second kappa shape index (κ2) is 8.05. The van der Waals surface area contributed by atoms with Gasteiger partial charge >= 0.3 is 0 Å². The molecule has 2 amide bonds. The van der Waals surface area contributed by atoms with Crippen LogP contribution in [0.5, 0.6) is 0 Å². The normalized spacial score (nSPS) is 13.0. The van der Waals surface area contributed by atoms with Gasteiger partial charge in [-0.3, -0.25) is 14.6 Å². The predicted octanol–water partition coefficient (Wildman–Crippen LogP) is 4.14. The van der Waals surface area contributed by atoms with Crippen LogP contribution < -0.4 is 5.32 Å². The summed E-state index contributed by atoms with van der Waals surface area (Å²) in [6.07, 6.45) is 5.21. The zero-order chi connectivity index (χ0) is 19.3. The van der Waals surface area contributed by atoms with E-state index in [4.69, 9.17) is 0 Å². The summed E-state index contributed by atoms with van der Waals surface area (Å²) >= 11 is 0. The third-order valence-electron chi connectivity index (χ3n) is 4.74. The van der Waals surface area contributed by atoms with Crippen LogP contribution in [-0.2, 0) is 6.54 Å². The molecule has 1 heterocycles. The van der Waals surface area contributed by atoms with Crippen LogP contribution >= 0.6 is 0 Å². The number of rotatable bonds is 6. The van der Waals surface area contributed by atoms with Gasteiger partial charge in [-0.1, -0.05) is 36.4 Å². The molecule has 1 N–H and O–H groups in total. The molecule has 3 aromatic rings. The Morgan fingerprint density at radius 1 is 0.964 bits per heavy atom. The van der Waals surface area contributed by atoms with Crippen molar-refractivity contribution in [2.45, 2.75) is 25.4 Å². The van der Waals surface area contributed by atoms with Gasteiger partial charge in [-0.25, -0.2) is 0 Å². The molecule has 1 fully saturated rings. The van der Waals surface area contributed by atoms with Crippen molar-refractivity contribution in [2.75, 3.05) is 5.32 Å². The highest BCUT2D eigenvalue weighted by molar-refractivity contribution is 6.05. The van der Waals surface area contributed by atoms with Crippen LogP contribution in [0.15, 0.2) is 79.1 Å². The van der Waals surface area contributed by atoms with E-state index in [0.717, 1.165) is 18.4 Å². The van der Waals surface area contributed by atoms with Crippen LogP contribution in [0.2, 0.25) is 0 Å². The van der Waals surface area contributed by atoms with Gasteiger partial charge in [0.25, 0.3) is 11.8 Å². The fraction of sp³-hybridized carbons (Fsp3) is 0.174. The molecule has 1 aliphatic rings. The number of carbonyl (C=O) groups excluding carboxylic acids is 2. The van der Waals surface area contributed by atoms with Crippen molar-refractivity contribution < 1.29 is 9.59 Å². The Kier molecular flexibility index (Phi) is 5.15. The number of aromatic nitrogens is 1. The fourth-order valence-corrected chi connectivity index (χ4v) is 3.13. The molecule has 1 saturated carbocycles. The number of carbonyl (C=O) groups is 2. The van der Waals surface area contributed by atoms with Gasteiger partial charge in [-0.15, -0.1) is 0 Å². The quantitative estimate of drug-likeness (QED) is 0.708. The van der Waals surface area contributed by atoms with Gasteiger partial charge in [-0.05, 0) is 48.7 Å². The number of nitrogens with one attached hydrogen (secondary N) is 1. The SMILES string of the molecule is O=C(Nc1cccc(C(=O)N(Cc2ccccc2)C2CC2)c1)c1cccnc1. The van der Waals surface area contributed by atoms with Crippen molar-refractivity contribution in [2.24, 2.45) is 0 Å². The smallest absolute Gasteiger partial charge is 0.257 e. The van der Waals surface area contributed by atoms with Crippen LogP contribution in [-0.4, -0.2) is 27.7 Å². The second-order valence-corrected chi connectivity index (χ2v) is 6.93. The van der Waals surface area contributed by atoms with Crippen molar-refractivity contribution in [3.05, 3.63) is 95.8 Å². The summed E-state index contributed by atoms with van der Waals surface area (Å²) in [4.78, 5) is 31.4. The number of nitrogens with zero attached hydrogens (tertiary/aromatic N) is 2. The molecule has 0 bridgehead atoms. The molecule has 0 saturated heterocycles. The van der Waals surface area contributed by atoms with Gasteiger partial charge in [-0.2, -0.15) is 0 Å². The van der Waals surface area contributed by atoms with Crippen molar-refractivity contribution >= 4 is 17.5 Å². The van der Waals surface area contributed by atoms with Crippen molar-refractivity contribution in [1.82, 2.24) is 9.88 Å². The van der Waals surface area contributed by atoms with Crippen molar-refractivity contribution in [1.29, 1.82) is 0 Å². The van der Waals surface area contributed by atoms with E-state index in [1.165, 1.54) is 6.20 Å². The van der Waals surface area contributed by atoms with Gasteiger partial charge < -0.3 is 10.2 Å². The minimum atomic E-state index is -0.249. The Bertz CT molecular complexity index is 969. The molecule has 5 heteroatoms. The van der Waals surface area contributed by atoms with E-state index in [2.05, 4.69) is 10.3 Å². The van der Waals surface area contributed by atoms with Crippen LogP contribution in [0, 0.1) is 0 Å². The summed E-state index contributed by atoms with van der Waals surface area (Å²) in [5.74, 6) is -0.259. The van der Waals surface area contributed by atoms with E-state index in [0.29, 0.717) is 29.4 Å². The van der Waals surface area contributed by atoms with E-state index < -0.39 is 0 Å². The molecule has 4 rings (SSSR count). The van der Waals surface area contributed by atoms with Crippen LogP contribution in [0.4, 0.5) is 5.69 Å². The molecule has 0 spiro atoms. The summed E-state index contributed by atoms with van der Waals surface area (Å²) in [6, 6.07) is 20.8. The van der Waals surface area contributed by atoms with Gasteiger partial charge in [0, 0.05) is 36.2 Å². The van der Waals surface area contributed by atoms with Crippen molar-refractivity contribution in [3.8, 4) is 0 Å². The second-order valence-electron chi connectivity index (χ2n) is 6.93. The summed E-state index contributed by atoms with van der Waals surface area (Å²) in [7, 11) is 0. The molecule has 0 unspecified atom stereocenters. The molecular weight excluding hydrogens is 350 g/mol. The van der Waals surface area contributed by atoms with Gasteiger partial charge in [0.1, 0.15) is 0 Å². The average molecular weight is 371 g/mol. The first-order chi connectivity index (χ1) is 13.7. The minimum Gasteiger partial charge on any atom is -0.331 e. The molecule has 1 aliphatic carbocycles. The molecule has 0 aliphatic heterocycles. The molecule has 140 valence electrons. The first kappa shape index (κ1) is 17.9. The molecule has 5 nitrogen and oxygen atoms in total. The maximum Gasteiger partial charge on any atom is 0.257 e. The highest BCUT2D eigenvalue weighted by atomic mass is 16.2. The van der Waals surface area contributed by atoms with Gasteiger partial charge in [0.2, 0.25) is 0 Å². The average Bonchev–Trinajstić information content (AvgIpc) is 3.58. The number of hydrogen-bond acceptors (Lipinski definition) is 3. The molecule has 2 aromatic carbocycles. The lowest BCUT2D eigenvalue weighted by Crippen LogP contribution is -2.32. The Morgan fingerprint density at radius 3 is 2.46 bits per heavy atom. The molecule has 0 radical (unpaired) electrons.